The monoisotopic (exact) mass is 380 g/mol. The maximum absolute atomic E-state index is 12.3. The first-order chi connectivity index (χ1) is 9.30. The highest BCUT2D eigenvalue weighted by atomic mass is 79.9. The number of anilines is 1. The summed E-state index contributed by atoms with van der Waals surface area (Å²) >= 11 is 4.96. The Labute approximate surface area is 134 Å². The lowest BCUT2D eigenvalue weighted by Crippen LogP contribution is -2.39. The molecule has 0 saturated heterocycles. The number of rotatable bonds is 7. The number of benzene rings is 1. The smallest absolute Gasteiger partial charge is 0.240 e. The Kier molecular flexibility index (Phi) is 6.37. The van der Waals surface area contributed by atoms with Gasteiger partial charge in [-0.2, -0.15) is 11.8 Å². The fourth-order valence-electron chi connectivity index (χ4n) is 1.86. The lowest BCUT2D eigenvalue weighted by Gasteiger charge is -2.29. The summed E-state index contributed by atoms with van der Waals surface area (Å²) in [6, 6.07) is 4.65. The van der Waals surface area contributed by atoms with Crippen molar-refractivity contribution in [3.05, 3.63) is 22.7 Å². The van der Waals surface area contributed by atoms with E-state index in [-0.39, 0.29) is 9.64 Å². The minimum absolute atomic E-state index is 0.0615. The number of thioether (sulfide) groups is 1. The van der Waals surface area contributed by atoms with E-state index in [4.69, 9.17) is 5.73 Å². The van der Waals surface area contributed by atoms with E-state index in [1.807, 2.05) is 6.26 Å². The quantitative estimate of drug-likeness (QED) is 0.712. The van der Waals surface area contributed by atoms with Crippen molar-refractivity contribution >= 4 is 43.4 Å². The summed E-state index contributed by atoms with van der Waals surface area (Å²) in [5.74, 6) is 0. The number of hydrogen-bond donors (Lipinski definition) is 2. The van der Waals surface area contributed by atoms with Crippen LogP contribution in [0.1, 0.15) is 26.7 Å². The first kappa shape index (κ1) is 17.8. The average Bonchev–Trinajstić information content (AvgIpc) is 2.44. The lowest BCUT2D eigenvalue weighted by atomic mass is 10.0. The van der Waals surface area contributed by atoms with Crippen LogP contribution in [0.15, 0.2) is 27.6 Å². The Morgan fingerprint density at radius 1 is 1.35 bits per heavy atom. The zero-order chi connectivity index (χ0) is 15.4. The fraction of sp³-hybridized carbons (Fsp3) is 0.538. The largest absolute Gasteiger partial charge is 0.398 e. The molecule has 0 atom stereocenters. The third kappa shape index (κ3) is 4.13. The van der Waals surface area contributed by atoms with Crippen molar-refractivity contribution in [2.45, 2.75) is 36.3 Å². The maximum Gasteiger partial charge on any atom is 0.240 e. The van der Waals surface area contributed by atoms with Crippen LogP contribution in [0.5, 0.6) is 0 Å². The van der Waals surface area contributed by atoms with E-state index in [9.17, 15) is 8.42 Å². The van der Waals surface area contributed by atoms with Crippen molar-refractivity contribution in [2.24, 2.45) is 0 Å². The number of halogens is 1. The van der Waals surface area contributed by atoms with Crippen LogP contribution in [-0.2, 0) is 10.0 Å². The van der Waals surface area contributed by atoms with Crippen LogP contribution >= 0.6 is 27.7 Å². The van der Waals surface area contributed by atoms with Crippen LogP contribution in [0.4, 0.5) is 5.69 Å². The normalized spacial score (nSPS) is 12.6. The van der Waals surface area contributed by atoms with Gasteiger partial charge in [0.05, 0.1) is 4.90 Å². The summed E-state index contributed by atoms with van der Waals surface area (Å²) in [6.07, 6.45) is 3.84. The Balaban J connectivity index is 2.92. The Hall–Kier alpha value is -0.240. The molecule has 0 aliphatic rings. The van der Waals surface area contributed by atoms with E-state index in [2.05, 4.69) is 34.5 Å². The summed E-state index contributed by atoms with van der Waals surface area (Å²) < 4.78 is 27.9. The summed E-state index contributed by atoms with van der Waals surface area (Å²) in [7, 11) is -3.53. The van der Waals surface area contributed by atoms with Crippen molar-refractivity contribution in [1.29, 1.82) is 0 Å². The van der Waals surface area contributed by atoms with Gasteiger partial charge in [-0.1, -0.05) is 13.8 Å². The molecule has 114 valence electrons. The molecule has 0 aliphatic carbocycles. The summed E-state index contributed by atoms with van der Waals surface area (Å²) in [5.41, 5.74) is 6.15. The van der Waals surface area contributed by atoms with Gasteiger partial charge in [-0.15, -0.1) is 0 Å². The molecule has 0 heterocycles. The van der Waals surface area contributed by atoms with Gasteiger partial charge in [0.1, 0.15) is 0 Å². The number of hydrogen-bond acceptors (Lipinski definition) is 4. The van der Waals surface area contributed by atoms with Crippen LogP contribution < -0.4 is 10.5 Å². The van der Waals surface area contributed by atoms with Crippen LogP contribution in [0.2, 0.25) is 0 Å². The molecule has 1 aromatic rings. The van der Waals surface area contributed by atoms with E-state index >= 15 is 0 Å². The van der Waals surface area contributed by atoms with Crippen LogP contribution in [-0.4, -0.2) is 26.0 Å². The standard InChI is InChI=1S/C13H21BrN2O2S2/c1-4-13(5-2,19-3)9-16-20(17,18)10-6-7-11(14)12(15)8-10/h6-8,16H,4-5,9,15H2,1-3H3. The molecular formula is C13H21BrN2O2S2. The topological polar surface area (TPSA) is 72.2 Å². The van der Waals surface area contributed by atoms with Gasteiger partial charge in [-0.3, -0.25) is 0 Å². The molecule has 20 heavy (non-hydrogen) atoms. The molecule has 0 aromatic heterocycles. The zero-order valence-electron chi connectivity index (χ0n) is 11.9. The molecule has 0 spiro atoms. The molecule has 0 amide bonds. The minimum atomic E-state index is -3.53. The van der Waals surface area contributed by atoms with E-state index in [1.54, 1.807) is 23.9 Å². The van der Waals surface area contributed by atoms with E-state index in [0.717, 1.165) is 12.8 Å². The molecule has 4 nitrogen and oxygen atoms in total. The van der Waals surface area contributed by atoms with Crippen molar-refractivity contribution in [3.8, 4) is 0 Å². The Bertz CT molecular complexity index is 549. The maximum atomic E-state index is 12.3. The highest BCUT2D eigenvalue weighted by Crippen LogP contribution is 2.30. The number of nitrogen functional groups attached to an aromatic ring is 1. The zero-order valence-corrected chi connectivity index (χ0v) is 15.2. The van der Waals surface area contributed by atoms with Gasteiger partial charge in [0, 0.05) is 21.5 Å². The van der Waals surface area contributed by atoms with Gasteiger partial charge < -0.3 is 5.73 Å². The number of nitrogens with two attached hydrogens (primary N) is 1. The summed E-state index contributed by atoms with van der Waals surface area (Å²) in [4.78, 5) is 0.195. The van der Waals surface area contributed by atoms with Gasteiger partial charge in [0.15, 0.2) is 0 Å². The average molecular weight is 381 g/mol. The van der Waals surface area contributed by atoms with E-state index in [0.29, 0.717) is 16.7 Å². The fourth-order valence-corrected chi connectivity index (χ4v) is 4.15. The molecule has 1 aromatic carbocycles. The highest BCUT2D eigenvalue weighted by Gasteiger charge is 2.27. The van der Waals surface area contributed by atoms with Gasteiger partial charge in [0.25, 0.3) is 0 Å². The molecule has 7 heteroatoms. The molecule has 0 saturated carbocycles. The molecule has 3 N–H and O–H groups in total. The first-order valence-corrected chi connectivity index (χ1v) is 9.90. The second kappa shape index (κ2) is 7.15. The predicted octanol–water partition coefficient (Wildman–Crippen LogP) is 3.23. The van der Waals surface area contributed by atoms with Gasteiger partial charge in [-0.05, 0) is 53.2 Å². The third-order valence-electron chi connectivity index (χ3n) is 3.58. The van der Waals surface area contributed by atoms with Crippen LogP contribution in [0, 0.1) is 0 Å². The van der Waals surface area contributed by atoms with Crippen LogP contribution in [0.3, 0.4) is 0 Å². The Morgan fingerprint density at radius 2 is 1.95 bits per heavy atom. The molecule has 1 rings (SSSR count). The van der Waals surface area contributed by atoms with E-state index in [1.165, 1.54) is 6.07 Å². The summed E-state index contributed by atoms with van der Waals surface area (Å²) in [6.45, 7) is 4.57. The first-order valence-electron chi connectivity index (χ1n) is 6.40. The number of nitrogens with one attached hydrogen (secondary N) is 1. The van der Waals surface area contributed by atoms with Crippen molar-refractivity contribution in [1.82, 2.24) is 4.72 Å². The van der Waals surface area contributed by atoms with Crippen LogP contribution in [0.25, 0.3) is 0 Å². The van der Waals surface area contributed by atoms with Gasteiger partial charge >= 0.3 is 0 Å². The van der Waals surface area contributed by atoms with Crippen molar-refractivity contribution in [2.75, 3.05) is 18.5 Å². The number of sulfonamides is 1. The summed E-state index contributed by atoms with van der Waals surface area (Å²) in [5, 5.41) is 0. The second-order valence-corrected chi connectivity index (χ2v) is 8.50. The molecule has 0 aliphatic heterocycles. The minimum Gasteiger partial charge on any atom is -0.398 e. The molecular weight excluding hydrogens is 360 g/mol. The van der Waals surface area contributed by atoms with E-state index < -0.39 is 10.0 Å². The third-order valence-corrected chi connectivity index (χ3v) is 7.29. The molecule has 0 radical (unpaired) electrons. The Morgan fingerprint density at radius 3 is 2.40 bits per heavy atom. The van der Waals surface area contributed by atoms with Gasteiger partial charge in [-0.25, -0.2) is 13.1 Å². The second-order valence-electron chi connectivity index (χ2n) is 4.60. The van der Waals surface area contributed by atoms with Crippen molar-refractivity contribution < 1.29 is 8.42 Å². The highest BCUT2D eigenvalue weighted by molar-refractivity contribution is 9.10. The molecule has 0 fully saturated rings. The van der Waals surface area contributed by atoms with Gasteiger partial charge in [0.2, 0.25) is 10.0 Å². The SMILES string of the molecule is CCC(CC)(CNS(=O)(=O)c1ccc(Br)c(N)c1)SC. The molecule has 0 unspecified atom stereocenters. The predicted molar refractivity (Wildman–Crippen MR) is 90.6 cm³/mol. The van der Waals surface area contributed by atoms with Crippen molar-refractivity contribution in [3.63, 3.8) is 0 Å². The lowest BCUT2D eigenvalue weighted by molar-refractivity contribution is 0.522. The molecule has 0 bridgehead atoms.